The first-order valence-corrected chi connectivity index (χ1v) is 10.3. The zero-order chi connectivity index (χ0) is 21.4. The van der Waals surface area contributed by atoms with E-state index in [1.165, 1.54) is 6.07 Å². The van der Waals surface area contributed by atoms with Crippen LogP contribution in [0.3, 0.4) is 0 Å². The monoisotopic (exact) mass is 419 g/mol. The van der Waals surface area contributed by atoms with Crippen molar-refractivity contribution in [1.82, 2.24) is 25.3 Å². The molecular formula is C22H22FN7O. The maximum absolute atomic E-state index is 14.4. The summed E-state index contributed by atoms with van der Waals surface area (Å²) in [5, 5.41) is 2.79. The van der Waals surface area contributed by atoms with Gasteiger partial charge in [-0.15, -0.1) is 0 Å². The zero-order valence-electron chi connectivity index (χ0n) is 17.1. The fraction of sp³-hybridized carbons (Fsp3) is 0.318. The zero-order valence-corrected chi connectivity index (χ0v) is 17.1. The minimum atomic E-state index is -0.557. The molecule has 1 unspecified atom stereocenters. The molecule has 2 aliphatic rings. The van der Waals surface area contributed by atoms with Crippen molar-refractivity contribution in [3.63, 3.8) is 0 Å². The first-order chi connectivity index (χ1) is 15.1. The van der Waals surface area contributed by atoms with E-state index in [4.69, 9.17) is 4.98 Å². The van der Waals surface area contributed by atoms with Crippen LogP contribution in [0.4, 0.5) is 15.9 Å². The first kappa shape index (κ1) is 19.3. The van der Waals surface area contributed by atoms with Crippen molar-refractivity contribution in [2.24, 2.45) is 0 Å². The first-order valence-electron chi connectivity index (χ1n) is 10.3. The Morgan fingerprint density at radius 3 is 2.87 bits per heavy atom. The predicted molar refractivity (Wildman–Crippen MR) is 114 cm³/mol. The van der Waals surface area contributed by atoms with E-state index in [9.17, 15) is 9.18 Å². The second-order valence-electron chi connectivity index (χ2n) is 7.71. The van der Waals surface area contributed by atoms with E-state index in [1.54, 1.807) is 6.20 Å². The van der Waals surface area contributed by atoms with Gasteiger partial charge in [-0.3, -0.25) is 9.78 Å². The van der Waals surface area contributed by atoms with E-state index in [-0.39, 0.29) is 18.5 Å². The van der Waals surface area contributed by atoms with Crippen molar-refractivity contribution in [1.29, 1.82) is 0 Å². The van der Waals surface area contributed by atoms with Gasteiger partial charge in [0.25, 0.3) is 0 Å². The molecular weight excluding hydrogens is 397 g/mol. The van der Waals surface area contributed by atoms with E-state index < -0.39 is 5.95 Å². The number of hydrogen-bond donors (Lipinski definition) is 1. The Labute approximate surface area is 179 Å². The van der Waals surface area contributed by atoms with Gasteiger partial charge in [-0.25, -0.2) is 15.0 Å². The number of halogens is 1. The van der Waals surface area contributed by atoms with Crippen LogP contribution in [0, 0.1) is 5.95 Å². The van der Waals surface area contributed by atoms with E-state index in [2.05, 4.69) is 25.2 Å². The third-order valence-corrected chi connectivity index (χ3v) is 5.76. The molecule has 1 atom stereocenters. The summed E-state index contributed by atoms with van der Waals surface area (Å²) < 4.78 is 14.4. The Morgan fingerprint density at radius 2 is 2.06 bits per heavy atom. The van der Waals surface area contributed by atoms with Crippen LogP contribution >= 0.6 is 0 Å². The highest BCUT2D eigenvalue weighted by atomic mass is 19.1. The number of piperazine rings is 1. The molecule has 5 rings (SSSR count). The van der Waals surface area contributed by atoms with Gasteiger partial charge in [-0.1, -0.05) is 6.07 Å². The summed E-state index contributed by atoms with van der Waals surface area (Å²) in [6, 6.07) is 8.83. The average molecular weight is 419 g/mol. The SMILES string of the molecule is CC1c2cnc(-c3ccccn3)nc2CCN1c1cc(N2CCNC(=O)C2)cc(F)n1. The fourth-order valence-corrected chi connectivity index (χ4v) is 4.15. The van der Waals surface area contributed by atoms with E-state index in [0.29, 0.717) is 43.4 Å². The molecule has 3 aromatic heterocycles. The average Bonchev–Trinajstić information content (AvgIpc) is 2.79. The lowest BCUT2D eigenvalue weighted by Crippen LogP contribution is -2.47. The maximum Gasteiger partial charge on any atom is 0.239 e. The van der Waals surface area contributed by atoms with Crippen LogP contribution in [-0.4, -0.2) is 52.0 Å². The molecule has 0 aliphatic carbocycles. The van der Waals surface area contributed by atoms with Crippen LogP contribution in [0.5, 0.6) is 0 Å². The third kappa shape index (κ3) is 3.78. The van der Waals surface area contributed by atoms with Gasteiger partial charge in [0.1, 0.15) is 11.5 Å². The number of nitrogens with one attached hydrogen (secondary N) is 1. The molecule has 158 valence electrons. The maximum atomic E-state index is 14.4. The van der Waals surface area contributed by atoms with Crippen LogP contribution in [0.2, 0.25) is 0 Å². The molecule has 1 fully saturated rings. The number of anilines is 2. The Morgan fingerprint density at radius 1 is 1.16 bits per heavy atom. The summed E-state index contributed by atoms with van der Waals surface area (Å²) in [6.07, 6.45) is 4.25. The molecule has 2 aliphatic heterocycles. The standard InChI is InChI=1S/C22H22FN7O/c1-14-16-12-26-22(18-4-2-3-6-24-18)27-17(16)5-8-30(14)20-11-15(10-19(23)28-20)29-9-7-25-21(31)13-29/h2-4,6,10-12,14H,5,7-9,13H2,1H3,(H,25,31). The summed E-state index contributed by atoms with van der Waals surface area (Å²) in [5.74, 6) is 0.534. The fourth-order valence-electron chi connectivity index (χ4n) is 4.15. The largest absolute Gasteiger partial charge is 0.360 e. The molecule has 5 heterocycles. The van der Waals surface area contributed by atoms with Crippen molar-refractivity contribution in [2.45, 2.75) is 19.4 Å². The number of fused-ring (bicyclic) bond motifs is 1. The minimum absolute atomic E-state index is 0.0617. The summed E-state index contributed by atoms with van der Waals surface area (Å²) in [6.45, 7) is 4.09. The molecule has 31 heavy (non-hydrogen) atoms. The number of pyridine rings is 2. The van der Waals surface area contributed by atoms with Crippen molar-refractivity contribution >= 4 is 17.4 Å². The number of aromatic nitrogens is 4. The summed E-state index contributed by atoms with van der Waals surface area (Å²) >= 11 is 0. The Kier molecular flexibility index (Phi) is 4.93. The van der Waals surface area contributed by atoms with Crippen LogP contribution < -0.4 is 15.1 Å². The number of hydrogen-bond acceptors (Lipinski definition) is 7. The van der Waals surface area contributed by atoms with Crippen LogP contribution in [-0.2, 0) is 11.2 Å². The van der Waals surface area contributed by atoms with Gasteiger partial charge in [-0.2, -0.15) is 4.39 Å². The second kappa shape index (κ2) is 7.90. The highest BCUT2D eigenvalue weighted by Crippen LogP contribution is 2.34. The Bertz CT molecular complexity index is 1120. The minimum Gasteiger partial charge on any atom is -0.360 e. The molecule has 3 aromatic rings. The van der Waals surface area contributed by atoms with Crippen LogP contribution in [0.25, 0.3) is 11.5 Å². The summed E-state index contributed by atoms with van der Waals surface area (Å²) in [7, 11) is 0. The van der Waals surface area contributed by atoms with Gasteiger partial charge in [0.15, 0.2) is 5.82 Å². The van der Waals surface area contributed by atoms with E-state index >= 15 is 0 Å². The lowest BCUT2D eigenvalue weighted by atomic mass is 9.99. The second-order valence-corrected chi connectivity index (χ2v) is 7.71. The lowest BCUT2D eigenvalue weighted by molar-refractivity contribution is -0.120. The Hall–Kier alpha value is -3.62. The van der Waals surface area contributed by atoms with Gasteiger partial charge >= 0.3 is 0 Å². The van der Waals surface area contributed by atoms with Gasteiger partial charge in [-0.05, 0) is 19.1 Å². The molecule has 0 spiro atoms. The molecule has 0 bridgehead atoms. The van der Waals surface area contributed by atoms with Crippen molar-refractivity contribution in [3.05, 3.63) is 59.9 Å². The van der Waals surface area contributed by atoms with Gasteiger partial charge in [0.2, 0.25) is 11.9 Å². The van der Waals surface area contributed by atoms with E-state index in [0.717, 1.165) is 17.0 Å². The van der Waals surface area contributed by atoms with Gasteiger partial charge in [0.05, 0.1) is 18.3 Å². The molecule has 0 saturated carbocycles. The van der Waals surface area contributed by atoms with Gasteiger partial charge < -0.3 is 15.1 Å². The van der Waals surface area contributed by atoms with Crippen LogP contribution in [0.15, 0.2) is 42.7 Å². The molecule has 9 heteroatoms. The van der Waals surface area contributed by atoms with Crippen molar-refractivity contribution in [3.8, 4) is 11.5 Å². The topological polar surface area (TPSA) is 87.1 Å². The normalized spacial score (nSPS) is 18.5. The number of carbonyl (C=O) groups is 1. The quantitative estimate of drug-likeness (QED) is 0.651. The molecule has 1 saturated heterocycles. The smallest absolute Gasteiger partial charge is 0.239 e. The van der Waals surface area contributed by atoms with Crippen molar-refractivity contribution < 1.29 is 9.18 Å². The molecule has 0 radical (unpaired) electrons. The third-order valence-electron chi connectivity index (χ3n) is 5.76. The number of nitrogens with zero attached hydrogens (tertiary/aromatic N) is 6. The van der Waals surface area contributed by atoms with Crippen LogP contribution in [0.1, 0.15) is 24.2 Å². The molecule has 1 N–H and O–H groups in total. The highest BCUT2D eigenvalue weighted by molar-refractivity contribution is 5.82. The van der Waals surface area contributed by atoms with E-state index in [1.807, 2.05) is 42.3 Å². The predicted octanol–water partition coefficient (Wildman–Crippen LogP) is 2.13. The molecule has 1 amide bonds. The number of carbonyl (C=O) groups excluding carboxylic acids is 1. The summed E-state index contributed by atoms with van der Waals surface area (Å²) in [5.41, 5.74) is 3.37. The molecule has 0 aromatic carbocycles. The number of amides is 1. The highest BCUT2D eigenvalue weighted by Gasteiger charge is 2.28. The molecule has 8 nitrogen and oxygen atoms in total. The summed E-state index contributed by atoms with van der Waals surface area (Å²) in [4.78, 5) is 33.4. The Balaban J connectivity index is 1.43. The van der Waals surface area contributed by atoms with Crippen molar-refractivity contribution in [2.75, 3.05) is 36.0 Å². The van der Waals surface area contributed by atoms with Gasteiger partial charge in [0, 0.05) is 61.8 Å². The lowest BCUT2D eigenvalue weighted by Gasteiger charge is -2.36. The number of rotatable bonds is 3.